The third kappa shape index (κ3) is 7.54. The van der Waals surface area contributed by atoms with Gasteiger partial charge < -0.3 is 15.4 Å². The Balaban J connectivity index is 1.58. The van der Waals surface area contributed by atoms with Crippen LogP contribution in [0.15, 0.2) is 72.8 Å². The third-order valence-electron chi connectivity index (χ3n) is 4.55. The molecule has 3 aromatic carbocycles. The minimum absolute atomic E-state index is 0.0266. The molecular weight excluding hydrogens is 479 g/mol. The van der Waals surface area contributed by atoms with Gasteiger partial charge in [-0.2, -0.15) is 13.2 Å². The predicted octanol–water partition coefficient (Wildman–Crippen LogP) is 5.87. The van der Waals surface area contributed by atoms with E-state index >= 15 is 0 Å². The highest BCUT2D eigenvalue weighted by atomic mass is 32.1. The van der Waals surface area contributed by atoms with Gasteiger partial charge in [0.1, 0.15) is 5.75 Å². The van der Waals surface area contributed by atoms with Crippen LogP contribution >= 0.6 is 12.2 Å². The van der Waals surface area contributed by atoms with E-state index in [9.17, 15) is 22.8 Å². The van der Waals surface area contributed by atoms with Gasteiger partial charge in [-0.05, 0) is 86.7 Å². The van der Waals surface area contributed by atoms with Crippen molar-refractivity contribution in [2.24, 2.45) is 0 Å². The van der Waals surface area contributed by atoms with Crippen molar-refractivity contribution in [2.45, 2.75) is 26.1 Å². The Bertz CT molecular complexity index is 1230. The molecule has 35 heavy (non-hydrogen) atoms. The number of carbonyl (C=O) groups is 2. The monoisotopic (exact) mass is 501 g/mol. The Hall–Kier alpha value is -3.92. The Morgan fingerprint density at radius 3 is 2.17 bits per heavy atom. The van der Waals surface area contributed by atoms with Crippen LogP contribution in [0.3, 0.4) is 0 Å². The molecule has 2 amide bonds. The number of benzene rings is 3. The molecular formula is C25H22F3N3O3S. The van der Waals surface area contributed by atoms with Gasteiger partial charge in [0.15, 0.2) is 5.11 Å². The van der Waals surface area contributed by atoms with Crippen LogP contribution in [-0.4, -0.2) is 23.0 Å². The first-order valence-corrected chi connectivity index (χ1v) is 10.9. The van der Waals surface area contributed by atoms with E-state index in [1.165, 1.54) is 24.3 Å². The minimum atomic E-state index is -4.51. The van der Waals surface area contributed by atoms with Gasteiger partial charge in [0.05, 0.1) is 11.7 Å². The maximum Gasteiger partial charge on any atom is 0.416 e. The number of ether oxygens (including phenoxy) is 1. The molecule has 0 radical (unpaired) electrons. The zero-order valence-corrected chi connectivity index (χ0v) is 19.6. The van der Waals surface area contributed by atoms with Crippen LogP contribution in [0.5, 0.6) is 5.75 Å². The van der Waals surface area contributed by atoms with Gasteiger partial charge in [-0.3, -0.25) is 14.9 Å². The zero-order chi connectivity index (χ0) is 25.6. The van der Waals surface area contributed by atoms with E-state index in [0.717, 1.165) is 12.1 Å². The van der Waals surface area contributed by atoms with Crippen molar-refractivity contribution in [3.63, 3.8) is 0 Å². The van der Waals surface area contributed by atoms with E-state index in [1.807, 2.05) is 13.8 Å². The average molecular weight is 502 g/mol. The number of carbonyl (C=O) groups excluding carboxylic acids is 2. The summed E-state index contributed by atoms with van der Waals surface area (Å²) >= 11 is 5.18. The number of amides is 2. The number of thiocarbonyl (C=S) groups is 1. The number of hydrogen-bond donors (Lipinski definition) is 3. The third-order valence-corrected chi connectivity index (χ3v) is 4.75. The first kappa shape index (κ1) is 25.7. The molecule has 0 saturated heterocycles. The molecule has 0 aliphatic rings. The molecule has 0 aliphatic heterocycles. The Morgan fingerprint density at radius 1 is 0.829 bits per heavy atom. The molecule has 0 bridgehead atoms. The second-order valence-electron chi connectivity index (χ2n) is 7.71. The van der Waals surface area contributed by atoms with E-state index in [-0.39, 0.29) is 22.5 Å². The van der Waals surface area contributed by atoms with Crippen LogP contribution in [0.1, 0.15) is 40.1 Å². The molecule has 0 heterocycles. The fourth-order valence-corrected chi connectivity index (χ4v) is 3.21. The molecule has 0 atom stereocenters. The summed E-state index contributed by atoms with van der Waals surface area (Å²) in [5.74, 6) is -0.436. The van der Waals surface area contributed by atoms with Gasteiger partial charge >= 0.3 is 6.18 Å². The first-order chi connectivity index (χ1) is 16.5. The summed E-state index contributed by atoms with van der Waals surface area (Å²) < 4.78 is 44.1. The summed E-state index contributed by atoms with van der Waals surface area (Å²) in [6.07, 6.45) is -4.54. The quantitative estimate of drug-likeness (QED) is 0.368. The lowest BCUT2D eigenvalue weighted by Gasteiger charge is -2.12. The summed E-state index contributed by atoms with van der Waals surface area (Å²) in [6.45, 7) is 3.76. The largest absolute Gasteiger partial charge is 0.491 e. The molecule has 3 N–H and O–H groups in total. The van der Waals surface area contributed by atoms with Crippen molar-refractivity contribution in [1.29, 1.82) is 0 Å². The molecule has 6 nitrogen and oxygen atoms in total. The molecule has 0 unspecified atom stereocenters. The lowest BCUT2D eigenvalue weighted by molar-refractivity contribution is -0.137. The Labute approximate surface area is 205 Å². The Kier molecular flexibility index (Phi) is 8.08. The van der Waals surface area contributed by atoms with E-state index in [1.54, 1.807) is 36.4 Å². The second-order valence-corrected chi connectivity index (χ2v) is 8.12. The number of nitrogens with one attached hydrogen (secondary N) is 3. The molecule has 182 valence electrons. The lowest BCUT2D eigenvalue weighted by atomic mass is 10.1. The average Bonchev–Trinajstić information content (AvgIpc) is 2.79. The number of hydrogen-bond acceptors (Lipinski definition) is 4. The van der Waals surface area contributed by atoms with Crippen molar-refractivity contribution < 1.29 is 27.5 Å². The molecule has 3 rings (SSSR count). The van der Waals surface area contributed by atoms with E-state index in [2.05, 4.69) is 16.0 Å². The second kappa shape index (κ2) is 11.0. The first-order valence-electron chi connectivity index (χ1n) is 10.5. The summed E-state index contributed by atoms with van der Waals surface area (Å²) in [7, 11) is 0. The fourth-order valence-electron chi connectivity index (χ4n) is 3.00. The summed E-state index contributed by atoms with van der Waals surface area (Å²) in [5, 5.41) is 7.89. The van der Waals surface area contributed by atoms with Crippen LogP contribution in [0.4, 0.5) is 24.5 Å². The summed E-state index contributed by atoms with van der Waals surface area (Å²) in [6, 6.07) is 17.1. The van der Waals surface area contributed by atoms with Crippen molar-refractivity contribution in [2.75, 3.05) is 10.6 Å². The van der Waals surface area contributed by atoms with Crippen LogP contribution in [0, 0.1) is 0 Å². The highest BCUT2D eigenvalue weighted by Gasteiger charge is 2.30. The molecule has 0 fully saturated rings. The smallest absolute Gasteiger partial charge is 0.416 e. The van der Waals surface area contributed by atoms with Gasteiger partial charge in [-0.25, -0.2) is 0 Å². The topological polar surface area (TPSA) is 79.5 Å². The van der Waals surface area contributed by atoms with Crippen LogP contribution in [-0.2, 0) is 6.18 Å². The molecule has 0 saturated carbocycles. The molecule has 0 spiro atoms. The van der Waals surface area contributed by atoms with Gasteiger partial charge in [-0.1, -0.05) is 12.1 Å². The summed E-state index contributed by atoms with van der Waals surface area (Å²) in [5.41, 5.74) is 0.268. The van der Waals surface area contributed by atoms with Gasteiger partial charge in [0.2, 0.25) is 0 Å². The van der Waals surface area contributed by atoms with Gasteiger partial charge in [-0.15, -0.1) is 0 Å². The van der Waals surface area contributed by atoms with E-state index in [0.29, 0.717) is 17.0 Å². The molecule has 10 heteroatoms. The highest BCUT2D eigenvalue weighted by molar-refractivity contribution is 7.80. The van der Waals surface area contributed by atoms with Crippen LogP contribution < -0.4 is 20.7 Å². The zero-order valence-electron chi connectivity index (χ0n) is 18.8. The lowest BCUT2D eigenvalue weighted by Crippen LogP contribution is -2.34. The van der Waals surface area contributed by atoms with E-state index in [4.69, 9.17) is 17.0 Å². The minimum Gasteiger partial charge on any atom is -0.491 e. The number of anilines is 2. The van der Waals surface area contributed by atoms with Crippen molar-refractivity contribution in [3.05, 3.63) is 89.5 Å². The number of halogens is 3. The predicted molar refractivity (Wildman–Crippen MR) is 132 cm³/mol. The van der Waals surface area contributed by atoms with Gasteiger partial charge in [0.25, 0.3) is 11.8 Å². The van der Waals surface area contributed by atoms with E-state index < -0.39 is 23.6 Å². The standard InChI is InChI=1S/C25H22F3N3O3S/c1-15(2)34-21-8-3-5-17(13-21)23(33)31-24(35)30-19-11-9-16(10-12-19)22(32)29-20-7-4-6-18(14-20)25(26,27)28/h3-15H,1-2H3,(H,29,32)(H2,30,31,33,35). The van der Waals surface area contributed by atoms with Crippen LogP contribution in [0.25, 0.3) is 0 Å². The van der Waals surface area contributed by atoms with Crippen molar-refractivity contribution in [3.8, 4) is 5.75 Å². The molecule has 0 aromatic heterocycles. The maximum atomic E-state index is 12.9. The highest BCUT2D eigenvalue weighted by Crippen LogP contribution is 2.30. The number of rotatable bonds is 6. The fraction of sp³-hybridized carbons (Fsp3) is 0.160. The SMILES string of the molecule is CC(C)Oc1cccc(C(=O)NC(=S)Nc2ccc(C(=O)Nc3cccc(C(F)(F)F)c3)cc2)c1. The molecule has 3 aromatic rings. The van der Waals surface area contributed by atoms with Crippen molar-refractivity contribution in [1.82, 2.24) is 5.32 Å². The Morgan fingerprint density at radius 2 is 1.51 bits per heavy atom. The van der Waals surface area contributed by atoms with Crippen molar-refractivity contribution >= 4 is 40.5 Å². The normalized spacial score (nSPS) is 11.0. The number of alkyl halides is 3. The maximum absolute atomic E-state index is 12.9. The molecule has 0 aliphatic carbocycles. The van der Waals surface area contributed by atoms with Gasteiger partial charge in [0, 0.05) is 22.5 Å². The summed E-state index contributed by atoms with van der Waals surface area (Å²) in [4.78, 5) is 24.9. The van der Waals surface area contributed by atoms with Crippen LogP contribution in [0.2, 0.25) is 0 Å².